The van der Waals surface area contributed by atoms with Gasteiger partial charge in [0.1, 0.15) is 11.3 Å². The van der Waals surface area contributed by atoms with Crippen LogP contribution in [0.2, 0.25) is 0 Å². The van der Waals surface area contributed by atoms with Crippen LogP contribution in [0.15, 0.2) is 52.3 Å². The summed E-state index contributed by atoms with van der Waals surface area (Å²) < 4.78 is 19.6. The summed E-state index contributed by atoms with van der Waals surface area (Å²) in [5, 5.41) is 5.84. The molecule has 1 N–H and O–H groups in total. The number of nitrogens with zero attached hydrogens (tertiary/aromatic N) is 2. The van der Waals surface area contributed by atoms with Crippen molar-refractivity contribution in [3.8, 4) is 0 Å². The normalized spacial score (nSPS) is 12.2. The molecule has 0 saturated carbocycles. The first-order chi connectivity index (χ1) is 13.5. The first-order valence-electron chi connectivity index (χ1n) is 8.85. The standard InChI is InChI=1S/C21H18FN3O2S/c1-12(18-11-28-13(2)24-18)23-21(26)15-7-8-17-19(9-15)27-20(25-17)10-14-5-3-4-6-16(14)22/h3-9,11-12H,10H2,1-2H3,(H,23,26). The van der Waals surface area contributed by atoms with Crippen LogP contribution in [-0.2, 0) is 6.42 Å². The summed E-state index contributed by atoms with van der Waals surface area (Å²) in [7, 11) is 0. The molecule has 142 valence electrons. The maximum Gasteiger partial charge on any atom is 0.251 e. The predicted octanol–water partition coefficient (Wildman–Crippen LogP) is 4.81. The third-order valence-corrected chi connectivity index (χ3v) is 5.21. The molecule has 2 heterocycles. The minimum Gasteiger partial charge on any atom is -0.440 e. The average molecular weight is 395 g/mol. The number of carbonyl (C=O) groups is 1. The predicted molar refractivity (Wildman–Crippen MR) is 106 cm³/mol. The van der Waals surface area contributed by atoms with Gasteiger partial charge in [-0.05, 0) is 43.7 Å². The summed E-state index contributed by atoms with van der Waals surface area (Å²) in [6.07, 6.45) is 0.253. The second-order valence-electron chi connectivity index (χ2n) is 6.54. The number of hydrogen-bond donors (Lipinski definition) is 1. The first-order valence-corrected chi connectivity index (χ1v) is 9.73. The van der Waals surface area contributed by atoms with Gasteiger partial charge in [0, 0.05) is 10.9 Å². The van der Waals surface area contributed by atoms with E-state index in [0.717, 1.165) is 10.7 Å². The maximum absolute atomic E-state index is 13.8. The number of amides is 1. The lowest BCUT2D eigenvalue weighted by atomic mass is 10.1. The maximum atomic E-state index is 13.8. The number of nitrogens with one attached hydrogen (secondary N) is 1. The molecular weight excluding hydrogens is 377 g/mol. The zero-order valence-corrected chi connectivity index (χ0v) is 16.2. The van der Waals surface area contributed by atoms with Crippen LogP contribution in [0.25, 0.3) is 11.1 Å². The van der Waals surface area contributed by atoms with Crippen LogP contribution in [0.3, 0.4) is 0 Å². The van der Waals surface area contributed by atoms with Crippen LogP contribution in [0.1, 0.15) is 45.5 Å². The van der Waals surface area contributed by atoms with Crippen molar-refractivity contribution in [2.45, 2.75) is 26.3 Å². The average Bonchev–Trinajstić information content (AvgIpc) is 3.28. The van der Waals surface area contributed by atoms with E-state index in [1.165, 1.54) is 6.07 Å². The Hall–Kier alpha value is -3.06. The molecule has 4 rings (SSSR count). The van der Waals surface area contributed by atoms with E-state index in [2.05, 4.69) is 15.3 Å². The summed E-state index contributed by atoms with van der Waals surface area (Å²) in [6.45, 7) is 3.82. The van der Waals surface area contributed by atoms with Gasteiger partial charge in [0.15, 0.2) is 11.5 Å². The van der Waals surface area contributed by atoms with E-state index in [9.17, 15) is 9.18 Å². The summed E-state index contributed by atoms with van der Waals surface area (Å²) in [6, 6.07) is 11.4. The lowest BCUT2D eigenvalue weighted by Crippen LogP contribution is -2.26. The Bertz CT molecular complexity index is 1150. The van der Waals surface area contributed by atoms with Crippen molar-refractivity contribution < 1.29 is 13.6 Å². The fourth-order valence-electron chi connectivity index (χ4n) is 2.93. The molecule has 0 aliphatic rings. The number of oxazole rings is 1. The molecule has 2 aromatic heterocycles. The van der Waals surface area contributed by atoms with E-state index >= 15 is 0 Å². The fourth-order valence-corrected chi connectivity index (χ4v) is 3.63. The summed E-state index contributed by atoms with van der Waals surface area (Å²) in [4.78, 5) is 21.4. The van der Waals surface area contributed by atoms with Crippen LogP contribution in [0.5, 0.6) is 0 Å². The van der Waals surface area contributed by atoms with Gasteiger partial charge in [-0.3, -0.25) is 4.79 Å². The molecule has 0 aliphatic heterocycles. The Morgan fingerprint density at radius 1 is 1.25 bits per heavy atom. The lowest BCUT2D eigenvalue weighted by Gasteiger charge is -2.11. The van der Waals surface area contributed by atoms with Crippen molar-refractivity contribution >= 4 is 28.3 Å². The summed E-state index contributed by atoms with van der Waals surface area (Å²) in [5.41, 5.74) is 2.95. The monoisotopic (exact) mass is 395 g/mol. The molecule has 4 aromatic rings. The van der Waals surface area contributed by atoms with E-state index in [1.807, 2.05) is 19.2 Å². The third-order valence-electron chi connectivity index (χ3n) is 4.42. The van der Waals surface area contributed by atoms with Gasteiger partial charge in [-0.2, -0.15) is 0 Å². The van der Waals surface area contributed by atoms with E-state index < -0.39 is 0 Å². The SMILES string of the molecule is Cc1nc(C(C)NC(=O)c2ccc3nc(Cc4ccccc4F)oc3c2)cs1. The highest BCUT2D eigenvalue weighted by molar-refractivity contribution is 7.09. The molecule has 0 bridgehead atoms. The van der Waals surface area contributed by atoms with Gasteiger partial charge in [0.05, 0.1) is 23.2 Å². The molecule has 1 amide bonds. The number of fused-ring (bicyclic) bond motifs is 1. The quantitative estimate of drug-likeness (QED) is 0.526. The molecule has 1 atom stereocenters. The zero-order chi connectivity index (χ0) is 19.7. The second-order valence-corrected chi connectivity index (χ2v) is 7.61. The van der Waals surface area contributed by atoms with Gasteiger partial charge < -0.3 is 9.73 Å². The van der Waals surface area contributed by atoms with Crippen molar-refractivity contribution in [3.05, 3.63) is 81.4 Å². The number of hydrogen-bond acceptors (Lipinski definition) is 5. The minimum absolute atomic E-state index is 0.195. The summed E-state index contributed by atoms with van der Waals surface area (Å²) in [5.74, 6) is -0.104. The number of aryl methyl sites for hydroxylation is 1. The van der Waals surface area contributed by atoms with Crippen LogP contribution in [-0.4, -0.2) is 15.9 Å². The highest BCUT2D eigenvalue weighted by Gasteiger charge is 2.16. The third kappa shape index (κ3) is 3.80. The molecule has 0 spiro atoms. The van der Waals surface area contributed by atoms with Crippen LogP contribution >= 0.6 is 11.3 Å². The molecular formula is C21H18FN3O2S. The topological polar surface area (TPSA) is 68.0 Å². The number of thiazole rings is 1. The van der Waals surface area contributed by atoms with Crippen molar-refractivity contribution in [2.75, 3.05) is 0 Å². The molecule has 0 fully saturated rings. The molecule has 28 heavy (non-hydrogen) atoms. The molecule has 2 aromatic carbocycles. The Balaban J connectivity index is 1.52. The smallest absolute Gasteiger partial charge is 0.251 e. The van der Waals surface area contributed by atoms with Crippen LogP contribution < -0.4 is 5.32 Å². The van der Waals surface area contributed by atoms with Gasteiger partial charge in [0.25, 0.3) is 5.91 Å². The van der Waals surface area contributed by atoms with E-state index in [-0.39, 0.29) is 24.2 Å². The highest BCUT2D eigenvalue weighted by Crippen LogP contribution is 2.21. The van der Waals surface area contributed by atoms with Gasteiger partial charge in [-0.25, -0.2) is 14.4 Å². The van der Waals surface area contributed by atoms with Gasteiger partial charge in [0.2, 0.25) is 0 Å². The van der Waals surface area contributed by atoms with E-state index in [0.29, 0.717) is 28.1 Å². The Kier molecular flexibility index (Phi) is 4.92. The number of aromatic nitrogens is 2. The fraction of sp³-hybridized carbons (Fsp3) is 0.190. The van der Waals surface area contributed by atoms with Gasteiger partial charge in [-0.15, -0.1) is 11.3 Å². The molecule has 7 heteroatoms. The number of rotatable bonds is 5. The first kappa shape index (κ1) is 18.3. The minimum atomic E-state index is -0.295. The Morgan fingerprint density at radius 2 is 2.07 bits per heavy atom. The molecule has 0 radical (unpaired) electrons. The Labute approximate surface area is 165 Å². The van der Waals surface area contributed by atoms with Crippen molar-refractivity contribution in [3.63, 3.8) is 0 Å². The number of carbonyl (C=O) groups excluding carboxylic acids is 1. The zero-order valence-electron chi connectivity index (χ0n) is 15.4. The molecule has 5 nitrogen and oxygen atoms in total. The lowest BCUT2D eigenvalue weighted by molar-refractivity contribution is 0.0939. The van der Waals surface area contributed by atoms with Gasteiger partial charge >= 0.3 is 0 Å². The largest absolute Gasteiger partial charge is 0.440 e. The van der Waals surface area contributed by atoms with E-state index in [1.54, 1.807) is 47.7 Å². The molecule has 0 aliphatic carbocycles. The van der Waals surface area contributed by atoms with Crippen LogP contribution in [0.4, 0.5) is 4.39 Å². The highest BCUT2D eigenvalue weighted by atomic mass is 32.1. The summed E-state index contributed by atoms with van der Waals surface area (Å²) >= 11 is 1.55. The molecule has 0 saturated heterocycles. The molecule has 1 unspecified atom stereocenters. The Morgan fingerprint density at radius 3 is 2.82 bits per heavy atom. The second kappa shape index (κ2) is 7.52. The van der Waals surface area contributed by atoms with Crippen LogP contribution in [0, 0.1) is 12.7 Å². The number of halogens is 1. The van der Waals surface area contributed by atoms with E-state index in [4.69, 9.17) is 4.42 Å². The van der Waals surface area contributed by atoms with Crippen molar-refractivity contribution in [2.24, 2.45) is 0 Å². The number of benzene rings is 2. The van der Waals surface area contributed by atoms with Crippen molar-refractivity contribution in [1.29, 1.82) is 0 Å². The van der Waals surface area contributed by atoms with Gasteiger partial charge in [-0.1, -0.05) is 18.2 Å². The van der Waals surface area contributed by atoms with Crippen molar-refractivity contribution in [1.82, 2.24) is 15.3 Å².